The van der Waals surface area contributed by atoms with Gasteiger partial charge in [0.05, 0.1) is 28.8 Å². The summed E-state index contributed by atoms with van der Waals surface area (Å²) in [6.07, 6.45) is -6.66. The van der Waals surface area contributed by atoms with E-state index in [1.54, 1.807) is 0 Å². The smallest absolute Gasteiger partial charge is 0.399 e. The lowest BCUT2D eigenvalue weighted by molar-refractivity contribution is -0.214. The molecular weight excluding hydrogens is 332 g/mol. The second kappa shape index (κ2) is 7.20. The van der Waals surface area contributed by atoms with E-state index >= 15 is 0 Å². The number of benzene rings is 1. The van der Waals surface area contributed by atoms with E-state index in [1.165, 1.54) is 12.1 Å². The van der Waals surface area contributed by atoms with Crippen LogP contribution in [0.15, 0.2) is 12.1 Å². The average Bonchev–Trinajstić information content (AvgIpc) is 2.32. The zero-order chi connectivity index (χ0) is 16.2. The first kappa shape index (κ1) is 17.9. The van der Waals surface area contributed by atoms with Crippen molar-refractivity contribution >= 4 is 40.5 Å². The Morgan fingerprint density at radius 3 is 2.38 bits per heavy atom. The largest absolute Gasteiger partial charge is 0.414 e. The molecule has 3 N–H and O–H groups in total. The molecule has 1 unspecified atom stereocenters. The highest BCUT2D eigenvalue weighted by atomic mass is 35.5. The third-order valence-corrected chi connectivity index (χ3v) is 3.08. The standard InChI is InChI=1S/C12H13Cl2F3N2O2/c1-6(12(15,16)17)21-3-2-10(20)19-11-8(13)4-7(18)5-9(11)14/h4-6H,2-3,18H2,1H3,(H,19,20). The quantitative estimate of drug-likeness (QED) is 0.797. The van der Waals surface area contributed by atoms with Crippen LogP contribution in [0.5, 0.6) is 0 Å². The number of nitrogens with one attached hydrogen (secondary N) is 1. The van der Waals surface area contributed by atoms with Crippen LogP contribution in [0.3, 0.4) is 0 Å². The SMILES string of the molecule is CC(OCCC(=O)Nc1c(Cl)cc(N)cc1Cl)C(F)(F)F. The Bertz CT molecular complexity index is 501. The van der Waals surface area contributed by atoms with E-state index in [9.17, 15) is 18.0 Å². The molecule has 0 radical (unpaired) electrons. The number of hydrogen-bond donors (Lipinski definition) is 2. The molecule has 1 atom stereocenters. The van der Waals surface area contributed by atoms with Gasteiger partial charge in [-0.3, -0.25) is 4.79 Å². The van der Waals surface area contributed by atoms with E-state index in [0.29, 0.717) is 5.69 Å². The molecule has 0 aromatic heterocycles. The van der Waals surface area contributed by atoms with Crippen LogP contribution in [0.25, 0.3) is 0 Å². The van der Waals surface area contributed by atoms with Crippen molar-refractivity contribution in [1.82, 2.24) is 0 Å². The summed E-state index contributed by atoms with van der Waals surface area (Å²) >= 11 is 11.7. The third kappa shape index (κ3) is 5.61. The molecule has 0 aliphatic rings. The minimum Gasteiger partial charge on any atom is -0.399 e. The Morgan fingerprint density at radius 1 is 1.38 bits per heavy atom. The highest BCUT2D eigenvalue weighted by Crippen LogP contribution is 2.32. The Hall–Kier alpha value is -1.18. The van der Waals surface area contributed by atoms with E-state index in [2.05, 4.69) is 10.1 Å². The van der Waals surface area contributed by atoms with Crippen molar-refractivity contribution in [3.8, 4) is 0 Å². The summed E-state index contributed by atoms with van der Waals surface area (Å²) in [4.78, 5) is 11.6. The molecule has 1 rings (SSSR count). The molecule has 1 amide bonds. The third-order valence-electron chi connectivity index (χ3n) is 2.49. The number of anilines is 2. The normalized spacial score (nSPS) is 13.0. The fourth-order valence-corrected chi connectivity index (χ4v) is 1.94. The fourth-order valence-electron chi connectivity index (χ4n) is 1.34. The summed E-state index contributed by atoms with van der Waals surface area (Å²) in [5, 5.41) is 2.67. The Kier molecular flexibility index (Phi) is 6.12. The summed E-state index contributed by atoms with van der Waals surface area (Å²) in [7, 11) is 0. The van der Waals surface area contributed by atoms with Gasteiger partial charge in [-0.05, 0) is 19.1 Å². The summed E-state index contributed by atoms with van der Waals surface area (Å²) < 4.78 is 41.1. The van der Waals surface area contributed by atoms with Gasteiger partial charge in [-0.15, -0.1) is 0 Å². The maximum Gasteiger partial charge on any atom is 0.414 e. The number of amides is 1. The van der Waals surface area contributed by atoms with Crippen LogP contribution >= 0.6 is 23.2 Å². The van der Waals surface area contributed by atoms with E-state index in [-0.39, 0.29) is 28.8 Å². The summed E-state index contributed by atoms with van der Waals surface area (Å²) in [6.45, 7) is 0.488. The van der Waals surface area contributed by atoms with Gasteiger partial charge in [0.1, 0.15) is 0 Å². The zero-order valence-electron chi connectivity index (χ0n) is 10.9. The van der Waals surface area contributed by atoms with Gasteiger partial charge in [0, 0.05) is 5.69 Å². The molecule has 0 bridgehead atoms. The number of nitrogen functional groups attached to an aromatic ring is 1. The highest BCUT2D eigenvalue weighted by Gasteiger charge is 2.36. The van der Waals surface area contributed by atoms with Crippen molar-refractivity contribution in [2.45, 2.75) is 25.6 Å². The minimum atomic E-state index is -4.46. The van der Waals surface area contributed by atoms with Crippen molar-refractivity contribution in [2.24, 2.45) is 0 Å². The predicted molar refractivity (Wildman–Crippen MR) is 75.6 cm³/mol. The lowest BCUT2D eigenvalue weighted by Crippen LogP contribution is -2.29. The lowest BCUT2D eigenvalue weighted by atomic mass is 10.2. The summed E-state index contributed by atoms with van der Waals surface area (Å²) in [5.74, 6) is -0.571. The molecule has 1 aromatic rings. The highest BCUT2D eigenvalue weighted by molar-refractivity contribution is 6.40. The van der Waals surface area contributed by atoms with Gasteiger partial charge in [0.2, 0.25) is 5.91 Å². The van der Waals surface area contributed by atoms with Gasteiger partial charge in [-0.2, -0.15) is 13.2 Å². The molecule has 0 saturated heterocycles. The van der Waals surface area contributed by atoms with Crippen molar-refractivity contribution in [3.05, 3.63) is 22.2 Å². The van der Waals surface area contributed by atoms with Crippen LogP contribution in [0, 0.1) is 0 Å². The number of hydrogen-bond acceptors (Lipinski definition) is 3. The second-order valence-corrected chi connectivity index (χ2v) is 5.03. The Labute approximate surface area is 129 Å². The first-order valence-corrected chi connectivity index (χ1v) is 6.59. The van der Waals surface area contributed by atoms with Gasteiger partial charge in [0.15, 0.2) is 6.10 Å². The summed E-state index contributed by atoms with van der Waals surface area (Å²) in [5.41, 5.74) is 5.98. The van der Waals surface area contributed by atoms with Crippen molar-refractivity contribution in [3.63, 3.8) is 0 Å². The maximum absolute atomic E-state index is 12.2. The zero-order valence-corrected chi connectivity index (χ0v) is 12.4. The minimum absolute atomic E-state index is 0.137. The van der Waals surface area contributed by atoms with Crippen LogP contribution in [0.4, 0.5) is 24.5 Å². The van der Waals surface area contributed by atoms with E-state index in [1.807, 2.05) is 0 Å². The molecule has 21 heavy (non-hydrogen) atoms. The molecule has 0 aliphatic carbocycles. The van der Waals surface area contributed by atoms with Gasteiger partial charge >= 0.3 is 6.18 Å². The van der Waals surface area contributed by atoms with Crippen LogP contribution in [-0.4, -0.2) is 24.8 Å². The molecule has 9 heteroatoms. The number of ether oxygens (including phenoxy) is 1. The molecule has 118 valence electrons. The van der Waals surface area contributed by atoms with Gasteiger partial charge < -0.3 is 15.8 Å². The van der Waals surface area contributed by atoms with Crippen LogP contribution < -0.4 is 11.1 Å². The molecule has 0 spiro atoms. The van der Waals surface area contributed by atoms with Crippen molar-refractivity contribution in [2.75, 3.05) is 17.7 Å². The molecule has 0 aliphatic heterocycles. The number of nitrogens with two attached hydrogens (primary N) is 1. The number of carbonyl (C=O) groups is 1. The van der Waals surface area contributed by atoms with E-state index in [4.69, 9.17) is 28.9 Å². The maximum atomic E-state index is 12.2. The van der Waals surface area contributed by atoms with Gasteiger partial charge in [0.25, 0.3) is 0 Å². The first-order chi connectivity index (χ1) is 9.61. The molecule has 0 fully saturated rings. The monoisotopic (exact) mass is 344 g/mol. The van der Waals surface area contributed by atoms with Gasteiger partial charge in [-0.25, -0.2) is 0 Å². The molecular formula is C12H13Cl2F3N2O2. The number of alkyl halides is 3. The van der Waals surface area contributed by atoms with Crippen molar-refractivity contribution in [1.29, 1.82) is 0 Å². The van der Waals surface area contributed by atoms with Crippen LogP contribution in [-0.2, 0) is 9.53 Å². The predicted octanol–water partition coefficient (Wildman–Crippen LogP) is 3.87. The van der Waals surface area contributed by atoms with Crippen LogP contribution in [0.1, 0.15) is 13.3 Å². The molecule has 0 saturated carbocycles. The number of carbonyl (C=O) groups excluding carboxylic acids is 1. The van der Waals surface area contributed by atoms with Crippen molar-refractivity contribution < 1.29 is 22.7 Å². The first-order valence-electron chi connectivity index (χ1n) is 5.84. The van der Waals surface area contributed by atoms with E-state index < -0.39 is 18.2 Å². The van der Waals surface area contributed by atoms with Crippen LogP contribution in [0.2, 0.25) is 10.0 Å². The number of rotatable bonds is 5. The van der Waals surface area contributed by atoms with E-state index in [0.717, 1.165) is 6.92 Å². The molecule has 4 nitrogen and oxygen atoms in total. The Morgan fingerprint density at radius 2 is 1.90 bits per heavy atom. The molecule has 1 aromatic carbocycles. The lowest BCUT2D eigenvalue weighted by Gasteiger charge is -2.16. The topological polar surface area (TPSA) is 64.3 Å². The second-order valence-electron chi connectivity index (χ2n) is 4.21. The van der Waals surface area contributed by atoms with Gasteiger partial charge in [-0.1, -0.05) is 23.2 Å². The molecule has 0 heterocycles. The average molecular weight is 345 g/mol. The summed E-state index contributed by atoms with van der Waals surface area (Å²) in [6, 6.07) is 2.79. The fraction of sp³-hybridized carbons (Fsp3) is 0.417. The Balaban J connectivity index is 2.52. The number of halogens is 5.